The van der Waals surface area contributed by atoms with Crippen molar-refractivity contribution >= 4 is 5.91 Å². The van der Waals surface area contributed by atoms with E-state index in [0.717, 1.165) is 38.3 Å². The molecule has 1 atom stereocenters. The normalized spacial score (nSPS) is 16.6. The molecular formula is C22H29F3N4O4. The largest absolute Gasteiger partial charge is 0.447 e. The van der Waals surface area contributed by atoms with Crippen LogP contribution in [0.1, 0.15) is 34.4 Å². The van der Waals surface area contributed by atoms with Crippen LogP contribution in [0.4, 0.5) is 13.2 Å². The van der Waals surface area contributed by atoms with Crippen molar-refractivity contribution in [2.75, 3.05) is 45.9 Å². The summed E-state index contributed by atoms with van der Waals surface area (Å²) in [5, 5.41) is 12.5. The highest BCUT2D eigenvalue weighted by molar-refractivity contribution is 5.91. The third-order valence-electron chi connectivity index (χ3n) is 5.30. The van der Waals surface area contributed by atoms with Crippen molar-refractivity contribution < 1.29 is 32.2 Å². The van der Waals surface area contributed by atoms with E-state index in [9.17, 15) is 23.1 Å². The number of hydrogen-bond donors (Lipinski definition) is 2. The molecule has 1 saturated heterocycles. The zero-order chi connectivity index (χ0) is 23.8. The van der Waals surface area contributed by atoms with Crippen LogP contribution in [0.3, 0.4) is 0 Å². The van der Waals surface area contributed by atoms with Gasteiger partial charge in [0, 0.05) is 45.9 Å². The molecule has 1 aliphatic rings. The maximum absolute atomic E-state index is 12.8. The average Bonchev–Trinajstić information content (AvgIpc) is 3.25. The molecule has 0 bridgehead atoms. The summed E-state index contributed by atoms with van der Waals surface area (Å²) in [7, 11) is 0. The van der Waals surface area contributed by atoms with E-state index in [0.29, 0.717) is 37.8 Å². The summed E-state index contributed by atoms with van der Waals surface area (Å²) in [5.41, 5.74) is -0.345. The molecule has 182 valence electrons. The Morgan fingerprint density at radius 3 is 2.70 bits per heavy atom. The Kier molecular flexibility index (Phi) is 8.84. The SMILES string of the molecule is CCOC[C@H](O)CN1CCN(Cc2nc(C(=O)NCc3cccc(C(F)(F)F)c3)co2)CC1. The molecule has 1 fully saturated rings. The van der Waals surface area contributed by atoms with Gasteiger partial charge in [-0.15, -0.1) is 0 Å². The summed E-state index contributed by atoms with van der Waals surface area (Å²) in [4.78, 5) is 20.8. The summed E-state index contributed by atoms with van der Waals surface area (Å²) in [6, 6.07) is 4.80. The Morgan fingerprint density at radius 2 is 2.00 bits per heavy atom. The van der Waals surface area contributed by atoms with E-state index in [1.807, 2.05) is 6.92 Å². The van der Waals surface area contributed by atoms with Gasteiger partial charge in [0.2, 0.25) is 5.89 Å². The molecular weight excluding hydrogens is 441 g/mol. The fourth-order valence-corrected chi connectivity index (χ4v) is 3.54. The van der Waals surface area contributed by atoms with E-state index in [-0.39, 0.29) is 12.2 Å². The van der Waals surface area contributed by atoms with Crippen molar-refractivity contribution in [3.63, 3.8) is 0 Å². The second-order valence-corrected chi connectivity index (χ2v) is 7.90. The molecule has 0 saturated carbocycles. The highest BCUT2D eigenvalue weighted by Crippen LogP contribution is 2.29. The van der Waals surface area contributed by atoms with Crippen LogP contribution in [-0.2, 0) is 24.0 Å². The third kappa shape index (κ3) is 7.81. The number of nitrogens with one attached hydrogen (secondary N) is 1. The van der Waals surface area contributed by atoms with Gasteiger partial charge >= 0.3 is 6.18 Å². The first kappa shape index (κ1) is 25.2. The lowest BCUT2D eigenvalue weighted by atomic mass is 10.1. The summed E-state index contributed by atoms with van der Waals surface area (Å²) in [5.74, 6) is -0.125. The van der Waals surface area contributed by atoms with Crippen molar-refractivity contribution in [2.45, 2.75) is 32.3 Å². The number of aromatic nitrogens is 1. The number of alkyl halides is 3. The van der Waals surface area contributed by atoms with Crippen LogP contribution in [0.15, 0.2) is 34.9 Å². The number of halogens is 3. The number of nitrogens with zero attached hydrogens (tertiary/aromatic N) is 3. The van der Waals surface area contributed by atoms with Gasteiger partial charge in [-0.1, -0.05) is 12.1 Å². The molecule has 0 unspecified atom stereocenters. The molecule has 0 spiro atoms. The fraction of sp³-hybridized carbons (Fsp3) is 0.545. The molecule has 2 heterocycles. The number of amides is 1. The number of β-amino-alcohol motifs (C(OH)–C–C–N with tert-alkyl or cyclic N) is 1. The van der Waals surface area contributed by atoms with Crippen LogP contribution in [0.5, 0.6) is 0 Å². The molecule has 2 aromatic rings. The highest BCUT2D eigenvalue weighted by Gasteiger charge is 2.30. The molecule has 1 aliphatic heterocycles. The summed E-state index contributed by atoms with van der Waals surface area (Å²) < 4.78 is 49.1. The molecule has 11 heteroatoms. The monoisotopic (exact) mass is 470 g/mol. The van der Waals surface area contributed by atoms with Gasteiger partial charge in [0.05, 0.1) is 24.8 Å². The van der Waals surface area contributed by atoms with E-state index in [2.05, 4.69) is 20.1 Å². The number of aliphatic hydroxyl groups excluding tert-OH is 1. The number of aliphatic hydroxyl groups is 1. The van der Waals surface area contributed by atoms with Crippen molar-refractivity contribution in [1.82, 2.24) is 20.1 Å². The first-order chi connectivity index (χ1) is 15.7. The Labute approximate surface area is 190 Å². The van der Waals surface area contributed by atoms with Crippen LogP contribution in [0, 0.1) is 0 Å². The van der Waals surface area contributed by atoms with Crippen LogP contribution >= 0.6 is 0 Å². The first-order valence-corrected chi connectivity index (χ1v) is 10.8. The number of carbonyl (C=O) groups is 1. The highest BCUT2D eigenvalue weighted by atomic mass is 19.4. The number of carbonyl (C=O) groups excluding carboxylic acids is 1. The molecule has 3 rings (SSSR count). The summed E-state index contributed by atoms with van der Waals surface area (Å²) >= 11 is 0. The Hall–Kier alpha value is -2.47. The Bertz CT molecular complexity index is 898. The molecule has 8 nitrogen and oxygen atoms in total. The number of piperazine rings is 1. The van der Waals surface area contributed by atoms with Gasteiger partial charge in [0.1, 0.15) is 6.26 Å². The quantitative estimate of drug-likeness (QED) is 0.550. The zero-order valence-corrected chi connectivity index (χ0v) is 18.5. The smallest absolute Gasteiger partial charge is 0.416 e. The van der Waals surface area contributed by atoms with Crippen molar-refractivity contribution in [2.24, 2.45) is 0 Å². The average molecular weight is 470 g/mol. The Morgan fingerprint density at radius 1 is 1.27 bits per heavy atom. The Balaban J connectivity index is 1.43. The van der Waals surface area contributed by atoms with Crippen molar-refractivity contribution in [1.29, 1.82) is 0 Å². The molecule has 33 heavy (non-hydrogen) atoms. The van der Waals surface area contributed by atoms with Gasteiger partial charge in [0.15, 0.2) is 5.69 Å². The first-order valence-electron chi connectivity index (χ1n) is 10.8. The van der Waals surface area contributed by atoms with E-state index >= 15 is 0 Å². The van der Waals surface area contributed by atoms with Gasteiger partial charge in [-0.25, -0.2) is 4.98 Å². The second kappa shape index (κ2) is 11.6. The zero-order valence-electron chi connectivity index (χ0n) is 18.5. The van der Waals surface area contributed by atoms with Crippen LogP contribution < -0.4 is 5.32 Å². The van der Waals surface area contributed by atoms with E-state index in [1.54, 1.807) is 0 Å². The van der Waals surface area contributed by atoms with Crippen LogP contribution in [0.2, 0.25) is 0 Å². The molecule has 0 radical (unpaired) electrons. The van der Waals surface area contributed by atoms with Crippen molar-refractivity contribution in [3.8, 4) is 0 Å². The maximum Gasteiger partial charge on any atom is 0.416 e. The lowest BCUT2D eigenvalue weighted by Gasteiger charge is -2.34. The lowest BCUT2D eigenvalue weighted by Crippen LogP contribution is -2.48. The van der Waals surface area contributed by atoms with Gasteiger partial charge in [-0.3, -0.25) is 14.6 Å². The lowest BCUT2D eigenvalue weighted by molar-refractivity contribution is -0.137. The van der Waals surface area contributed by atoms with Crippen LogP contribution in [-0.4, -0.2) is 77.8 Å². The summed E-state index contributed by atoms with van der Waals surface area (Å²) in [6.45, 7) is 6.84. The second-order valence-electron chi connectivity index (χ2n) is 7.90. The van der Waals surface area contributed by atoms with E-state index < -0.39 is 23.8 Å². The van der Waals surface area contributed by atoms with Gasteiger partial charge in [0.25, 0.3) is 5.91 Å². The van der Waals surface area contributed by atoms with Gasteiger partial charge < -0.3 is 19.6 Å². The molecule has 1 aromatic heterocycles. The summed E-state index contributed by atoms with van der Waals surface area (Å²) in [6.07, 6.45) is -3.70. The molecule has 1 aromatic carbocycles. The third-order valence-corrected chi connectivity index (χ3v) is 5.30. The minimum absolute atomic E-state index is 0.0535. The van der Waals surface area contributed by atoms with Crippen LogP contribution in [0.25, 0.3) is 0 Å². The number of hydrogen-bond acceptors (Lipinski definition) is 7. The molecule has 1 amide bonds. The minimum Gasteiger partial charge on any atom is -0.447 e. The van der Waals surface area contributed by atoms with E-state index in [1.165, 1.54) is 18.4 Å². The molecule has 2 N–H and O–H groups in total. The number of ether oxygens (including phenoxy) is 1. The molecule has 0 aliphatic carbocycles. The standard InChI is InChI=1S/C22H29F3N4O4/c1-2-32-14-18(30)12-28-6-8-29(9-7-28)13-20-27-19(15-33-20)21(31)26-11-16-4-3-5-17(10-16)22(23,24)25/h3-5,10,15,18,30H,2,6-9,11-14H2,1H3,(H,26,31)/t18-/m1/s1. The number of oxazole rings is 1. The fourth-order valence-electron chi connectivity index (χ4n) is 3.54. The van der Waals surface area contributed by atoms with Gasteiger partial charge in [-0.05, 0) is 24.6 Å². The topological polar surface area (TPSA) is 91.1 Å². The van der Waals surface area contributed by atoms with Crippen molar-refractivity contribution in [3.05, 3.63) is 53.2 Å². The predicted octanol–water partition coefficient (Wildman–Crippen LogP) is 2.14. The maximum atomic E-state index is 12.8. The van der Waals surface area contributed by atoms with Gasteiger partial charge in [-0.2, -0.15) is 13.2 Å². The minimum atomic E-state index is -4.43. The van der Waals surface area contributed by atoms with E-state index in [4.69, 9.17) is 9.15 Å². The number of rotatable bonds is 10. The predicted molar refractivity (Wildman–Crippen MR) is 113 cm³/mol. The number of benzene rings is 1.